The Bertz CT molecular complexity index is 1310. The molecular weight excluding hydrogens is 485 g/mol. The summed E-state index contributed by atoms with van der Waals surface area (Å²) < 4.78 is 48.9. The monoisotopic (exact) mass is 514 g/mol. The van der Waals surface area contributed by atoms with Gasteiger partial charge in [0.25, 0.3) is 0 Å². The minimum absolute atomic E-state index is 0.429. The molecule has 8 heteroatoms. The Hall–Kier alpha value is -4.07. The van der Waals surface area contributed by atoms with E-state index >= 15 is 0 Å². The third-order valence-electron chi connectivity index (χ3n) is 5.65. The third-order valence-corrected chi connectivity index (χ3v) is 5.65. The zero-order valence-corrected chi connectivity index (χ0v) is 21.5. The molecule has 0 amide bonds. The van der Waals surface area contributed by atoms with E-state index in [4.69, 9.17) is 9.47 Å². The van der Waals surface area contributed by atoms with Crippen LogP contribution >= 0.6 is 0 Å². The van der Waals surface area contributed by atoms with E-state index in [1.165, 1.54) is 0 Å². The first-order chi connectivity index (χ1) is 17.2. The van der Waals surface area contributed by atoms with Gasteiger partial charge in [0.1, 0.15) is 17.1 Å². The molecule has 0 saturated carbocycles. The van der Waals surface area contributed by atoms with Crippen molar-refractivity contribution >= 4 is 18.0 Å². The van der Waals surface area contributed by atoms with Gasteiger partial charge in [0, 0.05) is 6.08 Å². The maximum absolute atomic E-state index is 12.9. The van der Waals surface area contributed by atoms with E-state index < -0.39 is 35.0 Å². The van der Waals surface area contributed by atoms with Crippen LogP contribution in [-0.2, 0) is 11.0 Å². The summed E-state index contributed by atoms with van der Waals surface area (Å²) in [5.41, 5.74) is 3.96. The zero-order valence-electron chi connectivity index (χ0n) is 21.5. The number of carboxylic acid groups (broad SMARTS) is 1. The van der Waals surface area contributed by atoms with Crippen LogP contribution in [0.15, 0.2) is 65.8 Å². The topological polar surface area (TPSA) is 72.8 Å². The molecule has 0 aliphatic carbocycles. The minimum atomic E-state index is -4.72. The first-order valence-electron chi connectivity index (χ1n) is 11.3. The molecule has 0 aliphatic rings. The molecule has 196 valence electrons. The lowest BCUT2D eigenvalue weighted by Gasteiger charge is -2.13. The highest BCUT2D eigenvalue weighted by molar-refractivity contribution is 5.93. The predicted molar refractivity (Wildman–Crippen MR) is 137 cm³/mol. The Labute approximate surface area is 214 Å². The van der Waals surface area contributed by atoms with E-state index in [0.29, 0.717) is 17.7 Å². The van der Waals surface area contributed by atoms with Crippen molar-refractivity contribution in [2.45, 2.75) is 40.8 Å². The average molecular weight is 515 g/mol. The van der Waals surface area contributed by atoms with Gasteiger partial charge in [-0.25, -0.2) is 9.59 Å². The highest BCUT2D eigenvalue weighted by atomic mass is 19.4. The summed E-state index contributed by atoms with van der Waals surface area (Å²) >= 11 is 0. The number of carboxylic acids is 1. The number of carbonyl (C=O) groups is 2. The first-order valence-corrected chi connectivity index (χ1v) is 11.3. The predicted octanol–water partition coefficient (Wildman–Crippen LogP) is 7.41. The summed E-state index contributed by atoms with van der Waals surface area (Å²) in [7, 11) is 1.65. The minimum Gasteiger partial charge on any atom is -0.496 e. The molecule has 1 N–H and O–H groups in total. The number of hydrogen-bond acceptors (Lipinski definition) is 4. The van der Waals surface area contributed by atoms with Crippen molar-refractivity contribution in [3.05, 3.63) is 99.2 Å². The van der Waals surface area contributed by atoms with Gasteiger partial charge in [-0.3, -0.25) is 0 Å². The quantitative estimate of drug-likeness (QED) is 0.172. The van der Waals surface area contributed by atoms with Gasteiger partial charge in [-0.05, 0) is 86.7 Å². The lowest BCUT2D eigenvalue weighted by Crippen LogP contribution is -2.12. The Balaban J connectivity index is 2.12. The molecule has 5 nitrogen and oxygen atoms in total. The van der Waals surface area contributed by atoms with E-state index in [0.717, 1.165) is 45.7 Å². The molecule has 2 rings (SSSR count). The highest BCUT2D eigenvalue weighted by Gasteiger charge is 2.32. The van der Waals surface area contributed by atoms with Gasteiger partial charge < -0.3 is 14.6 Å². The number of aromatic carboxylic acids is 1. The smallest absolute Gasteiger partial charge is 0.416 e. The number of ether oxygens (including phenoxy) is 2. The first kappa shape index (κ1) is 29.2. The van der Waals surface area contributed by atoms with E-state index in [2.05, 4.69) is 0 Å². The summed E-state index contributed by atoms with van der Waals surface area (Å²) in [6.45, 7) is 9.63. The van der Waals surface area contributed by atoms with E-state index in [1.807, 2.05) is 52.0 Å². The molecular formula is C29H29F3O5. The molecule has 0 aliphatic heterocycles. The highest BCUT2D eigenvalue weighted by Crippen LogP contribution is 2.33. The molecule has 0 aromatic heterocycles. The fraction of sp³-hybridized carbons (Fsp3) is 0.241. The number of hydrogen-bond donors (Lipinski definition) is 1. The van der Waals surface area contributed by atoms with Crippen molar-refractivity contribution in [1.82, 2.24) is 0 Å². The SMILES string of the molecule is COc1cc(C)c(/C=C/C(C)=C/C=C/C(C)=C/C(=O)Oc2ccc(C(F)(F)F)cc2C(=O)O)c(C)c1C. The number of esters is 1. The summed E-state index contributed by atoms with van der Waals surface area (Å²) in [5.74, 6) is -2.18. The van der Waals surface area contributed by atoms with Gasteiger partial charge in [-0.15, -0.1) is 0 Å². The van der Waals surface area contributed by atoms with Crippen molar-refractivity contribution in [3.8, 4) is 11.5 Å². The normalized spacial score (nSPS) is 12.9. The van der Waals surface area contributed by atoms with Crippen LogP contribution in [0, 0.1) is 20.8 Å². The zero-order chi connectivity index (χ0) is 27.9. The lowest BCUT2D eigenvalue weighted by molar-refractivity contribution is -0.137. The van der Waals surface area contributed by atoms with Crippen LogP contribution in [0.2, 0.25) is 0 Å². The lowest BCUT2D eigenvalue weighted by atomic mass is 9.96. The largest absolute Gasteiger partial charge is 0.496 e. The van der Waals surface area contributed by atoms with Crippen LogP contribution in [0.1, 0.15) is 52.0 Å². The van der Waals surface area contributed by atoms with Gasteiger partial charge in [0.15, 0.2) is 0 Å². The molecule has 37 heavy (non-hydrogen) atoms. The molecule has 0 radical (unpaired) electrons. The van der Waals surface area contributed by atoms with Crippen LogP contribution in [0.3, 0.4) is 0 Å². The molecule has 2 aromatic carbocycles. The van der Waals surface area contributed by atoms with Gasteiger partial charge in [0.2, 0.25) is 0 Å². The molecule has 0 atom stereocenters. The standard InChI is InChI=1S/C29H29F3O5/c1-17(10-12-23-19(3)15-26(36-6)21(5)20(23)4)8-7-9-18(2)14-27(33)37-25-13-11-22(29(30,31)32)16-24(25)28(34)35/h7-16H,1-6H3,(H,34,35)/b9-7+,12-10+,17-8+,18-14+. The van der Waals surface area contributed by atoms with Crippen molar-refractivity contribution in [3.63, 3.8) is 0 Å². The van der Waals surface area contributed by atoms with Gasteiger partial charge in [0.05, 0.1) is 12.7 Å². The van der Waals surface area contributed by atoms with Crippen molar-refractivity contribution in [2.75, 3.05) is 7.11 Å². The number of allylic oxidation sites excluding steroid dienone is 6. The fourth-order valence-electron chi connectivity index (χ4n) is 3.49. The number of benzene rings is 2. The average Bonchev–Trinajstić information content (AvgIpc) is 2.80. The summed E-state index contributed by atoms with van der Waals surface area (Å²) in [6.07, 6.45) is 5.62. The van der Waals surface area contributed by atoms with Gasteiger partial charge in [-0.2, -0.15) is 13.2 Å². The van der Waals surface area contributed by atoms with E-state index in [9.17, 15) is 27.9 Å². The van der Waals surface area contributed by atoms with Gasteiger partial charge in [-0.1, -0.05) is 36.0 Å². The van der Waals surface area contributed by atoms with Crippen molar-refractivity contribution in [2.24, 2.45) is 0 Å². The fourth-order valence-corrected chi connectivity index (χ4v) is 3.49. The number of rotatable bonds is 8. The number of halogens is 3. The second-order valence-corrected chi connectivity index (χ2v) is 8.49. The number of methoxy groups -OCH3 is 1. The maximum atomic E-state index is 12.9. The van der Waals surface area contributed by atoms with Crippen molar-refractivity contribution in [1.29, 1.82) is 0 Å². The van der Waals surface area contributed by atoms with Crippen LogP contribution < -0.4 is 9.47 Å². The molecule has 0 heterocycles. The Morgan fingerprint density at radius 1 is 0.946 bits per heavy atom. The van der Waals surface area contributed by atoms with E-state index in [1.54, 1.807) is 26.2 Å². The molecule has 2 aromatic rings. The van der Waals surface area contributed by atoms with Crippen LogP contribution in [0.5, 0.6) is 11.5 Å². The third kappa shape index (κ3) is 7.96. The maximum Gasteiger partial charge on any atom is 0.416 e. The summed E-state index contributed by atoms with van der Waals surface area (Å²) in [6, 6.07) is 3.90. The van der Waals surface area contributed by atoms with Crippen molar-refractivity contribution < 1.29 is 37.3 Å². The number of aryl methyl sites for hydroxylation is 1. The Kier molecular flexibility index (Phi) is 9.66. The molecule has 0 saturated heterocycles. The van der Waals surface area contributed by atoms with Crippen LogP contribution in [0.4, 0.5) is 13.2 Å². The molecule has 0 fully saturated rings. The molecule has 0 bridgehead atoms. The summed E-state index contributed by atoms with van der Waals surface area (Å²) in [5, 5.41) is 9.20. The molecule has 0 spiro atoms. The van der Waals surface area contributed by atoms with Crippen LogP contribution in [-0.4, -0.2) is 24.2 Å². The summed E-state index contributed by atoms with van der Waals surface area (Å²) in [4.78, 5) is 23.5. The second kappa shape index (κ2) is 12.3. The second-order valence-electron chi connectivity index (χ2n) is 8.49. The Morgan fingerprint density at radius 3 is 2.22 bits per heavy atom. The van der Waals surface area contributed by atoms with Crippen LogP contribution in [0.25, 0.3) is 6.08 Å². The van der Waals surface area contributed by atoms with Gasteiger partial charge >= 0.3 is 18.1 Å². The molecule has 0 unspecified atom stereocenters. The number of carbonyl (C=O) groups excluding carboxylic acids is 1. The Morgan fingerprint density at radius 2 is 1.62 bits per heavy atom. The van der Waals surface area contributed by atoms with E-state index in [-0.39, 0.29) is 0 Å². The number of alkyl halides is 3.